The van der Waals surface area contributed by atoms with Crippen LogP contribution in [0.25, 0.3) is 11.1 Å². The molecule has 2 N–H and O–H groups in total. The molecule has 3 aromatic carbocycles. The van der Waals surface area contributed by atoms with Crippen LogP contribution in [0.4, 0.5) is 14.9 Å². The van der Waals surface area contributed by atoms with Crippen LogP contribution in [0.1, 0.15) is 27.4 Å². The highest BCUT2D eigenvalue weighted by Gasteiger charge is 2.29. The van der Waals surface area contributed by atoms with Gasteiger partial charge in [-0.15, -0.1) is 6.42 Å². The van der Waals surface area contributed by atoms with Crippen molar-refractivity contribution >= 4 is 23.7 Å². The zero-order valence-electron chi connectivity index (χ0n) is 18.5. The molecule has 0 radical (unpaired) electrons. The van der Waals surface area contributed by atoms with Crippen molar-refractivity contribution in [2.75, 3.05) is 25.0 Å². The number of ether oxygens (including phenoxy) is 1. The fourth-order valence-corrected chi connectivity index (χ4v) is 4.19. The zero-order valence-corrected chi connectivity index (χ0v) is 18.5. The van der Waals surface area contributed by atoms with Crippen LogP contribution in [-0.2, 0) is 9.53 Å². The number of nitrogens with zero attached hydrogens (tertiary/aromatic N) is 1. The first-order valence-electron chi connectivity index (χ1n) is 10.7. The van der Waals surface area contributed by atoms with Gasteiger partial charge < -0.3 is 14.7 Å². The lowest BCUT2D eigenvalue weighted by atomic mass is 9.98. The quantitative estimate of drug-likeness (QED) is 0.499. The van der Waals surface area contributed by atoms with Crippen molar-refractivity contribution in [2.24, 2.45) is 0 Å². The highest BCUT2D eigenvalue weighted by molar-refractivity contribution is 6.03. The van der Waals surface area contributed by atoms with E-state index in [2.05, 4.69) is 11.2 Å². The summed E-state index contributed by atoms with van der Waals surface area (Å²) in [5.74, 6) is -0.810. The molecule has 176 valence electrons. The number of carboxylic acids is 1. The van der Waals surface area contributed by atoms with E-state index in [1.54, 1.807) is 0 Å². The second-order valence-electron chi connectivity index (χ2n) is 7.90. The first-order valence-corrected chi connectivity index (χ1v) is 10.7. The molecule has 0 saturated heterocycles. The van der Waals surface area contributed by atoms with Crippen LogP contribution in [0.2, 0.25) is 0 Å². The van der Waals surface area contributed by atoms with E-state index in [1.807, 2.05) is 48.5 Å². The molecule has 35 heavy (non-hydrogen) atoms. The van der Waals surface area contributed by atoms with Gasteiger partial charge in [-0.2, -0.15) is 0 Å². The lowest BCUT2D eigenvalue weighted by Gasteiger charge is -2.20. The predicted molar refractivity (Wildman–Crippen MR) is 127 cm³/mol. The maximum absolute atomic E-state index is 13.9. The van der Waals surface area contributed by atoms with Crippen LogP contribution in [0.5, 0.6) is 0 Å². The standard InChI is InChI=1S/C27H21FN2O5/c1-2-13-30(15-25(31)32)26(33)22-14-17(28)11-12-24(22)29-27(34)35-16-23-20-9-5-3-7-18(20)19-8-4-6-10-21(19)23/h1,3-12,14,23H,13,15-16H2,(H,29,34)(H,31,32). The van der Waals surface area contributed by atoms with E-state index in [-0.39, 0.29) is 30.3 Å². The summed E-state index contributed by atoms with van der Waals surface area (Å²) >= 11 is 0. The topological polar surface area (TPSA) is 95.9 Å². The van der Waals surface area contributed by atoms with Crippen LogP contribution >= 0.6 is 0 Å². The second kappa shape index (κ2) is 10.1. The molecule has 0 aromatic heterocycles. The Morgan fingerprint density at radius 3 is 2.26 bits per heavy atom. The van der Waals surface area contributed by atoms with Crippen LogP contribution in [-0.4, -0.2) is 47.7 Å². The number of carboxylic acid groups (broad SMARTS) is 1. The first kappa shape index (κ1) is 23.5. The van der Waals surface area contributed by atoms with Gasteiger partial charge in [0.2, 0.25) is 0 Å². The molecule has 8 heteroatoms. The lowest BCUT2D eigenvalue weighted by Crippen LogP contribution is -2.36. The molecule has 0 saturated carbocycles. The molecular formula is C27H21FN2O5. The largest absolute Gasteiger partial charge is 0.480 e. The molecule has 0 aliphatic heterocycles. The normalized spacial score (nSPS) is 11.7. The molecule has 0 bridgehead atoms. The van der Waals surface area contributed by atoms with Gasteiger partial charge in [-0.1, -0.05) is 54.5 Å². The Morgan fingerprint density at radius 1 is 1.03 bits per heavy atom. The third-order valence-electron chi connectivity index (χ3n) is 5.69. The molecule has 0 atom stereocenters. The van der Waals surface area contributed by atoms with Gasteiger partial charge in [0.1, 0.15) is 19.0 Å². The van der Waals surface area contributed by atoms with E-state index in [9.17, 15) is 18.8 Å². The van der Waals surface area contributed by atoms with Gasteiger partial charge in [0.15, 0.2) is 0 Å². The van der Waals surface area contributed by atoms with Crippen molar-refractivity contribution in [1.82, 2.24) is 4.90 Å². The number of rotatable bonds is 7. The monoisotopic (exact) mass is 472 g/mol. The van der Waals surface area contributed by atoms with Crippen LogP contribution in [0.15, 0.2) is 66.7 Å². The number of hydrogen-bond acceptors (Lipinski definition) is 4. The number of hydrogen-bond donors (Lipinski definition) is 2. The van der Waals surface area contributed by atoms with Crippen LogP contribution in [0.3, 0.4) is 0 Å². The fourth-order valence-electron chi connectivity index (χ4n) is 4.19. The zero-order chi connectivity index (χ0) is 24.9. The second-order valence-corrected chi connectivity index (χ2v) is 7.90. The minimum absolute atomic E-state index is 0.0268. The number of aliphatic carboxylic acids is 1. The smallest absolute Gasteiger partial charge is 0.411 e. The van der Waals surface area contributed by atoms with Gasteiger partial charge in [-0.3, -0.25) is 14.9 Å². The van der Waals surface area contributed by atoms with Crippen molar-refractivity contribution in [2.45, 2.75) is 5.92 Å². The average molecular weight is 472 g/mol. The number of carbonyl (C=O) groups excluding carboxylic acids is 2. The fraction of sp³-hybridized carbons (Fsp3) is 0.148. The Kier molecular flexibility index (Phi) is 6.78. The van der Waals surface area contributed by atoms with E-state index in [0.717, 1.165) is 39.3 Å². The summed E-state index contributed by atoms with van der Waals surface area (Å²) in [5, 5.41) is 11.5. The van der Waals surface area contributed by atoms with E-state index in [0.29, 0.717) is 0 Å². The van der Waals surface area contributed by atoms with Crippen molar-refractivity contribution < 1.29 is 28.6 Å². The molecule has 1 aliphatic carbocycles. The SMILES string of the molecule is C#CCN(CC(=O)O)C(=O)c1cc(F)ccc1NC(=O)OCC1c2ccccc2-c2ccccc21. The van der Waals surface area contributed by atoms with Crippen molar-refractivity contribution in [3.05, 3.63) is 89.2 Å². The third-order valence-corrected chi connectivity index (χ3v) is 5.69. The molecule has 0 unspecified atom stereocenters. The van der Waals surface area contributed by atoms with E-state index >= 15 is 0 Å². The molecule has 0 fully saturated rings. The number of fused-ring (bicyclic) bond motifs is 3. The number of carbonyl (C=O) groups is 3. The summed E-state index contributed by atoms with van der Waals surface area (Å²) < 4.78 is 19.4. The Hall–Kier alpha value is -4.64. The summed E-state index contributed by atoms with van der Waals surface area (Å²) in [5.41, 5.74) is 3.97. The third kappa shape index (κ3) is 4.99. The van der Waals surface area contributed by atoms with E-state index in [1.165, 1.54) is 6.07 Å². The van der Waals surface area contributed by atoms with Crippen molar-refractivity contribution in [3.63, 3.8) is 0 Å². The molecule has 7 nitrogen and oxygen atoms in total. The Bertz CT molecular complexity index is 1300. The van der Waals surface area contributed by atoms with E-state index < -0.39 is 30.3 Å². The van der Waals surface area contributed by atoms with Gasteiger partial charge in [0.25, 0.3) is 5.91 Å². The van der Waals surface area contributed by atoms with Crippen LogP contribution in [0, 0.1) is 18.2 Å². The summed E-state index contributed by atoms with van der Waals surface area (Å²) in [6, 6.07) is 18.9. The predicted octanol–water partition coefficient (Wildman–Crippen LogP) is 4.35. The van der Waals surface area contributed by atoms with Gasteiger partial charge in [0.05, 0.1) is 17.8 Å². The van der Waals surface area contributed by atoms with Crippen molar-refractivity contribution in [1.29, 1.82) is 0 Å². The molecule has 4 rings (SSSR count). The number of amides is 2. The number of anilines is 1. The first-order chi connectivity index (χ1) is 16.9. The maximum Gasteiger partial charge on any atom is 0.411 e. The molecular weight excluding hydrogens is 451 g/mol. The molecule has 2 amide bonds. The number of nitrogens with one attached hydrogen (secondary N) is 1. The highest BCUT2D eigenvalue weighted by Crippen LogP contribution is 2.44. The molecule has 3 aromatic rings. The number of benzene rings is 3. The number of terminal acetylenes is 1. The van der Waals surface area contributed by atoms with Gasteiger partial charge >= 0.3 is 12.1 Å². The maximum atomic E-state index is 13.9. The minimum atomic E-state index is -1.28. The summed E-state index contributed by atoms with van der Waals surface area (Å²) in [6.07, 6.45) is 4.40. The van der Waals surface area contributed by atoms with Gasteiger partial charge in [-0.25, -0.2) is 9.18 Å². The summed E-state index contributed by atoms with van der Waals surface area (Å²) in [7, 11) is 0. The lowest BCUT2D eigenvalue weighted by molar-refractivity contribution is -0.137. The Balaban J connectivity index is 1.51. The summed E-state index contributed by atoms with van der Waals surface area (Å²) in [6.45, 7) is -0.928. The average Bonchev–Trinajstić information content (AvgIpc) is 3.16. The van der Waals surface area contributed by atoms with Crippen molar-refractivity contribution in [3.8, 4) is 23.5 Å². The molecule has 0 spiro atoms. The Morgan fingerprint density at radius 2 is 1.66 bits per heavy atom. The summed E-state index contributed by atoms with van der Waals surface area (Å²) in [4.78, 5) is 37.5. The number of halogens is 1. The van der Waals surface area contributed by atoms with E-state index in [4.69, 9.17) is 16.3 Å². The molecule has 1 aliphatic rings. The highest BCUT2D eigenvalue weighted by atomic mass is 19.1. The van der Waals surface area contributed by atoms with Gasteiger partial charge in [-0.05, 0) is 40.5 Å². The van der Waals surface area contributed by atoms with Crippen LogP contribution < -0.4 is 5.32 Å². The Labute approximate surface area is 201 Å². The minimum Gasteiger partial charge on any atom is -0.480 e. The molecule has 0 heterocycles. The van der Waals surface area contributed by atoms with Gasteiger partial charge in [0, 0.05) is 5.92 Å².